The van der Waals surface area contributed by atoms with Crippen molar-refractivity contribution in [3.63, 3.8) is 0 Å². The third-order valence-corrected chi connectivity index (χ3v) is 8.48. The first kappa shape index (κ1) is 24.4. The van der Waals surface area contributed by atoms with Crippen LogP contribution in [-0.2, 0) is 22.2 Å². The van der Waals surface area contributed by atoms with E-state index in [2.05, 4.69) is 15.5 Å². The van der Waals surface area contributed by atoms with Crippen LogP contribution in [0, 0.1) is 5.82 Å². The molecule has 7 nitrogen and oxygen atoms in total. The largest absolute Gasteiger partial charge is 0.489 e. The van der Waals surface area contributed by atoms with E-state index >= 15 is 0 Å². The Labute approximate surface area is 204 Å². The van der Waals surface area contributed by atoms with Crippen LogP contribution in [0.4, 0.5) is 14.0 Å². The van der Waals surface area contributed by atoms with Gasteiger partial charge in [-0.25, -0.2) is 4.39 Å². The lowest BCUT2D eigenvalue weighted by Gasteiger charge is -2.48. The topological polar surface area (TPSA) is 101 Å². The fourth-order valence-electron chi connectivity index (χ4n) is 5.76. The molecule has 0 saturated carbocycles. The first-order valence-corrected chi connectivity index (χ1v) is 13.5. The Morgan fingerprint density at radius 2 is 2.03 bits per heavy atom. The maximum Gasteiger partial charge on any atom is 0.332 e. The van der Waals surface area contributed by atoms with Gasteiger partial charge in [0.05, 0.1) is 22.6 Å². The van der Waals surface area contributed by atoms with Crippen molar-refractivity contribution in [2.75, 3.05) is 25.0 Å². The molecule has 35 heavy (non-hydrogen) atoms. The normalized spacial score (nSPS) is 30.7. The van der Waals surface area contributed by atoms with Crippen LogP contribution >= 0.6 is 0 Å². The molecule has 190 valence electrons. The summed E-state index contributed by atoms with van der Waals surface area (Å²) in [5.74, 6) is 0.106. The van der Waals surface area contributed by atoms with Crippen molar-refractivity contribution >= 4 is 15.9 Å². The number of hydrogen-bond acceptors (Lipinski definition) is 7. The summed E-state index contributed by atoms with van der Waals surface area (Å²) in [4.78, 5) is 1.77. The molecule has 0 amide bonds. The Balaban J connectivity index is 1.44. The minimum Gasteiger partial charge on any atom is -0.489 e. The summed E-state index contributed by atoms with van der Waals surface area (Å²) in [7, 11) is -4.77. The number of rotatable bonds is 6. The van der Waals surface area contributed by atoms with Gasteiger partial charge in [-0.2, -0.15) is 8.42 Å². The molecule has 10 heteroatoms. The number of benzene rings is 2. The van der Waals surface area contributed by atoms with Gasteiger partial charge in [-0.3, -0.25) is 4.90 Å². The zero-order valence-corrected chi connectivity index (χ0v) is 20.6. The standard InChI is InChI=1S/C25H31F2N3O4S/c1-3-28-21-12-15(26)11-20-19(21)13-22-23(29-22)24(31)25(20,2)30-10-4-5-17(14-30)34-16-6-8-18(9-7-16)35(27,32)33/h6-9,11-12,17,22-24,28-29,31H,3-5,10,13-14H2,1-2H3/t17-,22?,23?,24?,25+/m1/s1. The van der Waals surface area contributed by atoms with Crippen molar-refractivity contribution in [3.8, 4) is 5.75 Å². The minimum absolute atomic E-state index is 0.0681. The predicted molar refractivity (Wildman–Crippen MR) is 128 cm³/mol. The van der Waals surface area contributed by atoms with E-state index in [4.69, 9.17) is 4.74 Å². The fourth-order valence-corrected chi connectivity index (χ4v) is 6.22. The molecular formula is C25H31F2N3O4S. The van der Waals surface area contributed by atoms with Gasteiger partial charge in [0.2, 0.25) is 0 Å². The van der Waals surface area contributed by atoms with Crippen LogP contribution < -0.4 is 15.4 Å². The van der Waals surface area contributed by atoms with Gasteiger partial charge < -0.3 is 20.5 Å². The second-order valence-electron chi connectivity index (χ2n) is 9.84. The summed E-state index contributed by atoms with van der Waals surface area (Å²) in [6.45, 7) is 5.84. The van der Waals surface area contributed by atoms with E-state index in [-0.39, 0.29) is 24.0 Å². The maximum atomic E-state index is 14.8. The molecular weight excluding hydrogens is 476 g/mol. The molecule has 2 aliphatic heterocycles. The number of piperidine rings is 1. The van der Waals surface area contributed by atoms with Gasteiger partial charge in [-0.15, -0.1) is 3.89 Å². The van der Waals surface area contributed by atoms with Gasteiger partial charge in [0.25, 0.3) is 0 Å². The van der Waals surface area contributed by atoms with Crippen LogP contribution in [0.5, 0.6) is 5.75 Å². The van der Waals surface area contributed by atoms with Crippen LogP contribution in [0.1, 0.15) is 37.8 Å². The van der Waals surface area contributed by atoms with Crippen LogP contribution in [0.2, 0.25) is 0 Å². The number of likely N-dealkylation sites (tertiary alicyclic amines) is 1. The van der Waals surface area contributed by atoms with Gasteiger partial charge in [0.1, 0.15) is 17.7 Å². The number of halogens is 2. The number of aliphatic hydroxyl groups is 1. The van der Waals surface area contributed by atoms with Crippen molar-refractivity contribution < 1.29 is 26.5 Å². The van der Waals surface area contributed by atoms with E-state index in [1.54, 1.807) is 6.07 Å². The third-order valence-electron chi connectivity index (χ3n) is 7.64. The molecule has 3 unspecified atom stereocenters. The van der Waals surface area contributed by atoms with E-state index in [0.29, 0.717) is 25.3 Å². The lowest BCUT2D eigenvalue weighted by Crippen LogP contribution is -2.58. The minimum atomic E-state index is -4.77. The van der Waals surface area contributed by atoms with Gasteiger partial charge in [-0.1, -0.05) is 0 Å². The number of fused-ring (bicyclic) bond motifs is 2. The zero-order chi connectivity index (χ0) is 25.0. The highest BCUT2D eigenvalue weighted by Gasteiger charge is 2.56. The van der Waals surface area contributed by atoms with Crippen LogP contribution in [0.3, 0.4) is 0 Å². The molecule has 2 heterocycles. The number of hydrogen-bond donors (Lipinski definition) is 3. The van der Waals surface area contributed by atoms with Gasteiger partial charge in [0, 0.05) is 24.8 Å². The maximum absolute atomic E-state index is 14.8. The van der Waals surface area contributed by atoms with Gasteiger partial charge >= 0.3 is 10.2 Å². The summed E-state index contributed by atoms with van der Waals surface area (Å²) in [6, 6.07) is 8.42. The van der Waals surface area contributed by atoms with Crippen molar-refractivity contribution in [2.45, 2.75) is 67.8 Å². The number of ether oxygens (including phenoxy) is 1. The fraction of sp³-hybridized carbons (Fsp3) is 0.520. The lowest BCUT2D eigenvalue weighted by molar-refractivity contribution is -0.0574. The number of nitrogens with one attached hydrogen (secondary N) is 2. The Kier molecular flexibility index (Phi) is 6.27. The summed E-state index contributed by atoms with van der Waals surface area (Å²) >= 11 is 0. The first-order valence-electron chi connectivity index (χ1n) is 12.1. The Morgan fingerprint density at radius 3 is 2.71 bits per heavy atom. The second kappa shape index (κ2) is 8.99. The van der Waals surface area contributed by atoms with Gasteiger partial charge in [0.15, 0.2) is 0 Å². The van der Waals surface area contributed by atoms with Crippen molar-refractivity contribution in [2.24, 2.45) is 0 Å². The van der Waals surface area contributed by atoms with E-state index in [1.165, 1.54) is 30.3 Å². The Bertz CT molecular complexity index is 1210. The highest BCUT2D eigenvalue weighted by molar-refractivity contribution is 7.86. The summed E-state index contributed by atoms with van der Waals surface area (Å²) in [5, 5.41) is 18.2. The molecule has 0 aromatic heterocycles. The number of nitrogens with zero attached hydrogens (tertiary/aromatic N) is 1. The quantitative estimate of drug-likeness (QED) is 0.408. The van der Waals surface area contributed by atoms with E-state index in [1.807, 2.05) is 13.8 Å². The van der Waals surface area contributed by atoms with Crippen molar-refractivity contribution in [1.29, 1.82) is 0 Å². The SMILES string of the molecule is CCNc1cc(F)cc2c1CC1NC1C(O)[C@@]2(C)N1CCC[C@@H](Oc2ccc(S(=O)(=O)F)cc2)C1. The second-order valence-corrected chi connectivity index (χ2v) is 11.2. The van der Waals surface area contributed by atoms with Crippen LogP contribution in [-0.4, -0.2) is 62.4 Å². The third kappa shape index (κ3) is 4.52. The molecule has 3 aliphatic rings. The molecule has 5 rings (SSSR count). The molecule has 2 saturated heterocycles. The monoisotopic (exact) mass is 507 g/mol. The van der Waals surface area contributed by atoms with E-state index < -0.39 is 26.8 Å². The predicted octanol–water partition coefficient (Wildman–Crippen LogP) is 2.93. The van der Waals surface area contributed by atoms with Crippen LogP contribution in [0.15, 0.2) is 41.3 Å². The lowest BCUT2D eigenvalue weighted by atomic mass is 9.80. The average Bonchev–Trinajstić information content (AvgIpc) is 3.59. The molecule has 2 fully saturated rings. The molecule has 0 bridgehead atoms. The molecule has 2 aromatic rings. The smallest absolute Gasteiger partial charge is 0.332 e. The molecule has 0 spiro atoms. The highest BCUT2D eigenvalue weighted by Crippen LogP contribution is 2.46. The molecule has 5 atom stereocenters. The molecule has 3 N–H and O–H groups in total. The summed E-state index contributed by atoms with van der Waals surface area (Å²) in [6.07, 6.45) is 1.34. The molecule has 2 aromatic carbocycles. The van der Waals surface area contributed by atoms with E-state index in [0.717, 1.165) is 36.2 Å². The van der Waals surface area contributed by atoms with Crippen molar-refractivity contribution in [3.05, 3.63) is 53.3 Å². The first-order chi connectivity index (χ1) is 16.6. The van der Waals surface area contributed by atoms with Crippen LogP contribution in [0.25, 0.3) is 0 Å². The Hall–Kier alpha value is -2.27. The number of anilines is 1. The Morgan fingerprint density at radius 1 is 1.29 bits per heavy atom. The molecule has 1 aliphatic carbocycles. The summed E-state index contributed by atoms with van der Waals surface area (Å²) < 4.78 is 56.3. The van der Waals surface area contributed by atoms with Gasteiger partial charge in [-0.05, 0) is 87.2 Å². The zero-order valence-electron chi connectivity index (χ0n) is 19.8. The molecule has 0 radical (unpaired) electrons. The van der Waals surface area contributed by atoms with E-state index in [9.17, 15) is 21.8 Å². The average molecular weight is 508 g/mol. The highest BCUT2D eigenvalue weighted by atomic mass is 32.3. The van der Waals surface area contributed by atoms with Crippen molar-refractivity contribution in [1.82, 2.24) is 10.2 Å². The number of aliphatic hydroxyl groups excluding tert-OH is 1. The summed E-state index contributed by atoms with van der Waals surface area (Å²) in [5.41, 5.74) is 1.76.